The summed E-state index contributed by atoms with van der Waals surface area (Å²) in [6.45, 7) is 0. The van der Waals surface area contributed by atoms with E-state index in [2.05, 4.69) is 15.3 Å². The monoisotopic (exact) mass is 298 g/mol. The van der Waals surface area contributed by atoms with Crippen LogP contribution in [0, 0.1) is 23.2 Å². The van der Waals surface area contributed by atoms with Crippen molar-refractivity contribution in [2.24, 2.45) is 11.8 Å². The standard InChI is InChI=1S/C16H15ClN4/c17-11-3-4-13-12(7-11)16(21-15(8-18)19-13)20-14-6-9-1-2-10(14)5-9/h3-4,7,9-10,14H,1-2,5-6H2,(H,19,20,21). The molecule has 1 aromatic heterocycles. The lowest BCUT2D eigenvalue weighted by molar-refractivity contribution is 0.439. The van der Waals surface area contributed by atoms with Crippen molar-refractivity contribution >= 4 is 28.3 Å². The molecule has 2 saturated carbocycles. The second-order valence-electron chi connectivity index (χ2n) is 6.09. The summed E-state index contributed by atoms with van der Waals surface area (Å²) < 4.78 is 0. The second-order valence-corrected chi connectivity index (χ2v) is 6.53. The Hall–Kier alpha value is -1.86. The minimum Gasteiger partial charge on any atom is -0.366 e. The molecule has 0 amide bonds. The first kappa shape index (κ1) is 12.8. The topological polar surface area (TPSA) is 61.6 Å². The molecular formula is C16H15ClN4. The zero-order chi connectivity index (χ0) is 14.4. The van der Waals surface area contributed by atoms with E-state index in [9.17, 15) is 0 Å². The number of halogens is 1. The lowest BCUT2D eigenvalue weighted by Crippen LogP contribution is -2.26. The minimum absolute atomic E-state index is 0.204. The summed E-state index contributed by atoms with van der Waals surface area (Å²) in [4.78, 5) is 8.61. The van der Waals surface area contributed by atoms with E-state index >= 15 is 0 Å². The van der Waals surface area contributed by atoms with Crippen LogP contribution in [0.2, 0.25) is 5.02 Å². The molecule has 4 rings (SSSR count). The van der Waals surface area contributed by atoms with Crippen LogP contribution < -0.4 is 5.32 Å². The number of hydrogen-bond acceptors (Lipinski definition) is 4. The van der Waals surface area contributed by atoms with Crippen molar-refractivity contribution in [1.82, 2.24) is 9.97 Å². The van der Waals surface area contributed by atoms with Gasteiger partial charge in [-0.2, -0.15) is 5.26 Å². The molecule has 2 aliphatic carbocycles. The second kappa shape index (κ2) is 4.85. The van der Waals surface area contributed by atoms with E-state index in [1.807, 2.05) is 18.2 Å². The van der Waals surface area contributed by atoms with E-state index in [0.717, 1.165) is 28.6 Å². The van der Waals surface area contributed by atoms with Crippen LogP contribution in [-0.4, -0.2) is 16.0 Å². The highest BCUT2D eigenvalue weighted by Crippen LogP contribution is 2.45. The fraction of sp³-hybridized carbons (Fsp3) is 0.438. The van der Waals surface area contributed by atoms with Crippen LogP contribution in [0.25, 0.3) is 10.9 Å². The van der Waals surface area contributed by atoms with E-state index in [-0.39, 0.29) is 5.82 Å². The Morgan fingerprint density at radius 1 is 1.24 bits per heavy atom. The molecule has 0 radical (unpaired) electrons. The third kappa shape index (κ3) is 2.22. The number of fused-ring (bicyclic) bond motifs is 3. The number of anilines is 1. The zero-order valence-electron chi connectivity index (χ0n) is 11.5. The van der Waals surface area contributed by atoms with Gasteiger partial charge in [0.15, 0.2) is 0 Å². The molecule has 3 atom stereocenters. The molecule has 1 aromatic carbocycles. The molecule has 21 heavy (non-hydrogen) atoms. The highest BCUT2D eigenvalue weighted by atomic mass is 35.5. The summed E-state index contributed by atoms with van der Waals surface area (Å²) in [5, 5.41) is 14.2. The van der Waals surface area contributed by atoms with E-state index in [4.69, 9.17) is 16.9 Å². The Morgan fingerprint density at radius 2 is 2.14 bits per heavy atom. The van der Waals surface area contributed by atoms with E-state index < -0.39 is 0 Å². The van der Waals surface area contributed by atoms with Crippen molar-refractivity contribution in [3.05, 3.63) is 29.0 Å². The van der Waals surface area contributed by atoms with Crippen molar-refractivity contribution < 1.29 is 0 Å². The summed E-state index contributed by atoms with van der Waals surface area (Å²) in [7, 11) is 0. The average Bonchev–Trinajstić information content (AvgIpc) is 3.10. The van der Waals surface area contributed by atoms with Crippen LogP contribution in [0.5, 0.6) is 0 Å². The van der Waals surface area contributed by atoms with Crippen molar-refractivity contribution in [1.29, 1.82) is 5.26 Å². The normalized spacial score (nSPS) is 27.0. The number of hydrogen-bond donors (Lipinski definition) is 1. The number of benzene rings is 1. The summed E-state index contributed by atoms with van der Waals surface area (Å²) in [5.74, 6) is 2.55. The van der Waals surface area contributed by atoms with E-state index in [0.29, 0.717) is 11.1 Å². The van der Waals surface area contributed by atoms with Crippen molar-refractivity contribution in [2.45, 2.75) is 31.7 Å². The first-order chi connectivity index (χ1) is 10.2. The third-order valence-electron chi connectivity index (χ3n) is 4.82. The first-order valence-corrected chi connectivity index (χ1v) is 7.74. The Kier molecular flexibility index (Phi) is 2.97. The lowest BCUT2D eigenvalue weighted by atomic mass is 9.95. The van der Waals surface area contributed by atoms with Crippen LogP contribution in [0.1, 0.15) is 31.5 Å². The SMILES string of the molecule is N#Cc1nc(NC2CC3CCC2C3)c2cc(Cl)ccc2n1. The lowest BCUT2D eigenvalue weighted by Gasteiger charge is -2.24. The molecule has 1 N–H and O–H groups in total. The average molecular weight is 299 g/mol. The number of nitrogens with zero attached hydrogens (tertiary/aromatic N) is 3. The fourth-order valence-electron chi connectivity index (χ4n) is 3.86. The summed E-state index contributed by atoms with van der Waals surface area (Å²) >= 11 is 6.10. The predicted molar refractivity (Wildman–Crippen MR) is 82.1 cm³/mol. The van der Waals surface area contributed by atoms with Gasteiger partial charge in [0, 0.05) is 16.5 Å². The molecule has 2 bridgehead atoms. The van der Waals surface area contributed by atoms with Gasteiger partial charge in [-0.15, -0.1) is 0 Å². The molecule has 2 aromatic rings. The molecule has 0 spiro atoms. The maximum absolute atomic E-state index is 9.11. The van der Waals surface area contributed by atoms with Gasteiger partial charge in [-0.25, -0.2) is 9.97 Å². The number of rotatable bonds is 2. The molecule has 1 heterocycles. The van der Waals surface area contributed by atoms with Crippen LogP contribution in [-0.2, 0) is 0 Å². The molecule has 2 fully saturated rings. The third-order valence-corrected chi connectivity index (χ3v) is 5.05. The summed E-state index contributed by atoms with van der Waals surface area (Å²) in [5.41, 5.74) is 0.761. The Morgan fingerprint density at radius 3 is 2.86 bits per heavy atom. The predicted octanol–water partition coefficient (Wildman–Crippen LogP) is 3.76. The highest BCUT2D eigenvalue weighted by Gasteiger charge is 2.39. The smallest absolute Gasteiger partial charge is 0.234 e. The number of nitrogens with one attached hydrogen (secondary N) is 1. The Labute approximate surface area is 128 Å². The zero-order valence-corrected chi connectivity index (χ0v) is 12.3. The van der Waals surface area contributed by atoms with Gasteiger partial charge in [0.25, 0.3) is 0 Å². The van der Waals surface area contributed by atoms with Gasteiger partial charge in [0.05, 0.1) is 5.52 Å². The number of aromatic nitrogens is 2. The highest BCUT2D eigenvalue weighted by molar-refractivity contribution is 6.31. The molecule has 5 heteroatoms. The summed E-state index contributed by atoms with van der Waals surface area (Å²) in [6, 6.07) is 8.00. The Balaban J connectivity index is 1.76. The maximum Gasteiger partial charge on any atom is 0.234 e. The van der Waals surface area contributed by atoms with Gasteiger partial charge in [-0.05, 0) is 49.3 Å². The van der Waals surface area contributed by atoms with E-state index in [1.54, 1.807) is 6.07 Å². The van der Waals surface area contributed by atoms with Gasteiger partial charge in [-0.1, -0.05) is 18.0 Å². The van der Waals surface area contributed by atoms with E-state index in [1.165, 1.54) is 25.7 Å². The van der Waals surface area contributed by atoms with Crippen molar-refractivity contribution in [3.63, 3.8) is 0 Å². The molecule has 4 nitrogen and oxygen atoms in total. The van der Waals surface area contributed by atoms with Gasteiger partial charge >= 0.3 is 0 Å². The molecule has 0 aliphatic heterocycles. The maximum atomic E-state index is 9.11. The minimum atomic E-state index is 0.204. The number of nitriles is 1. The van der Waals surface area contributed by atoms with Crippen molar-refractivity contribution in [3.8, 4) is 6.07 Å². The van der Waals surface area contributed by atoms with Crippen LogP contribution in [0.4, 0.5) is 5.82 Å². The first-order valence-electron chi connectivity index (χ1n) is 7.37. The van der Waals surface area contributed by atoms with Crippen LogP contribution in [0.15, 0.2) is 18.2 Å². The van der Waals surface area contributed by atoms with Crippen molar-refractivity contribution in [2.75, 3.05) is 5.32 Å². The molecule has 3 unspecified atom stereocenters. The fourth-order valence-corrected chi connectivity index (χ4v) is 4.03. The Bertz CT molecular complexity index is 752. The quantitative estimate of drug-likeness (QED) is 0.917. The van der Waals surface area contributed by atoms with Crippen LogP contribution >= 0.6 is 11.6 Å². The van der Waals surface area contributed by atoms with Crippen LogP contribution in [0.3, 0.4) is 0 Å². The molecule has 0 saturated heterocycles. The molecule has 2 aliphatic rings. The van der Waals surface area contributed by atoms with Gasteiger partial charge < -0.3 is 5.32 Å². The van der Waals surface area contributed by atoms with Gasteiger partial charge in [-0.3, -0.25) is 0 Å². The van der Waals surface area contributed by atoms with Gasteiger partial charge in [0.2, 0.25) is 5.82 Å². The molecular weight excluding hydrogens is 284 g/mol. The summed E-state index contributed by atoms with van der Waals surface area (Å²) in [6.07, 6.45) is 5.20. The molecule has 106 valence electrons. The van der Waals surface area contributed by atoms with Gasteiger partial charge in [0.1, 0.15) is 11.9 Å². The largest absolute Gasteiger partial charge is 0.366 e.